The van der Waals surface area contributed by atoms with Crippen LogP contribution in [0, 0.1) is 0 Å². The van der Waals surface area contributed by atoms with E-state index in [-0.39, 0.29) is 12.2 Å². The molecule has 2 aromatic heterocycles. The summed E-state index contributed by atoms with van der Waals surface area (Å²) < 4.78 is 8.09. The zero-order valence-electron chi connectivity index (χ0n) is 16.5. The number of nitrogens with zero attached hydrogens (tertiary/aromatic N) is 2. The fourth-order valence-corrected chi connectivity index (χ4v) is 4.65. The predicted octanol–water partition coefficient (Wildman–Crippen LogP) is 4.86. The number of fused-ring (bicyclic) bond motifs is 3. The molecule has 0 aliphatic rings. The van der Waals surface area contributed by atoms with Crippen molar-refractivity contribution in [1.82, 2.24) is 9.38 Å². The van der Waals surface area contributed by atoms with E-state index < -0.39 is 5.97 Å². The highest BCUT2D eigenvalue weighted by Gasteiger charge is 2.15. The first kappa shape index (κ1) is 19.2. The maximum atomic E-state index is 12.8. The van der Waals surface area contributed by atoms with Crippen molar-refractivity contribution in [3.63, 3.8) is 0 Å². The van der Waals surface area contributed by atoms with E-state index in [1.807, 2.05) is 72.8 Å². The van der Waals surface area contributed by atoms with Gasteiger partial charge in [-0.3, -0.25) is 9.20 Å². The highest BCUT2D eigenvalue weighted by atomic mass is 32.1. The Morgan fingerprint density at radius 3 is 2.55 bits per heavy atom. The fourth-order valence-electron chi connectivity index (χ4n) is 3.60. The number of ether oxygens (including phenoxy) is 1. The molecule has 0 spiro atoms. The van der Waals surface area contributed by atoms with Gasteiger partial charge in [0.25, 0.3) is 5.56 Å². The molecule has 0 atom stereocenters. The Hall–Kier alpha value is -3.77. The van der Waals surface area contributed by atoms with Crippen LogP contribution in [0.25, 0.3) is 15.2 Å². The van der Waals surface area contributed by atoms with Gasteiger partial charge in [0, 0.05) is 6.07 Å². The van der Waals surface area contributed by atoms with Crippen LogP contribution in [0.1, 0.15) is 27.2 Å². The quantitative estimate of drug-likeness (QED) is 0.377. The van der Waals surface area contributed by atoms with Crippen LogP contribution in [-0.2, 0) is 17.8 Å². The Morgan fingerprint density at radius 2 is 1.68 bits per heavy atom. The van der Waals surface area contributed by atoms with Gasteiger partial charge >= 0.3 is 5.97 Å². The SMILES string of the molecule is O=C(OCc1cc(=O)n2c(n1)sc1ccccc12)c1ccccc1Cc1ccccc1. The molecule has 0 unspecified atom stereocenters. The maximum absolute atomic E-state index is 12.8. The highest BCUT2D eigenvalue weighted by Crippen LogP contribution is 2.23. The van der Waals surface area contributed by atoms with Crippen LogP contribution < -0.4 is 5.56 Å². The van der Waals surface area contributed by atoms with Crippen LogP contribution in [-0.4, -0.2) is 15.4 Å². The molecule has 0 aliphatic carbocycles. The van der Waals surface area contributed by atoms with Crippen molar-refractivity contribution in [2.75, 3.05) is 0 Å². The second-order valence-electron chi connectivity index (χ2n) is 7.17. The maximum Gasteiger partial charge on any atom is 0.338 e. The molecule has 31 heavy (non-hydrogen) atoms. The zero-order chi connectivity index (χ0) is 21.2. The van der Waals surface area contributed by atoms with E-state index in [2.05, 4.69) is 4.98 Å². The van der Waals surface area contributed by atoms with Gasteiger partial charge in [-0.1, -0.05) is 72.0 Å². The molecule has 5 rings (SSSR count). The summed E-state index contributed by atoms with van der Waals surface area (Å²) in [6, 6.07) is 26.5. The van der Waals surface area contributed by atoms with E-state index in [9.17, 15) is 9.59 Å². The van der Waals surface area contributed by atoms with Crippen molar-refractivity contribution < 1.29 is 9.53 Å². The van der Waals surface area contributed by atoms with Gasteiger partial charge in [-0.25, -0.2) is 9.78 Å². The standard InChI is InChI=1S/C25H18N2O3S/c28-23-15-19(26-25-27(23)21-12-6-7-13-22(21)31-25)16-30-24(29)20-11-5-4-10-18(20)14-17-8-2-1-3-9-17/h1-13,15H,14,16H2. The van der Waals surface area contributed by atoms with Crippen LogP contribution in [0.5, 0.6) is 0 Å². The summed E-state index contributed by atoms with van der Waals surface area (Å²) in [4.78, 5) is 30.5. The average molecular weight is 426 g/mol. The van der Waals surface area contributed by atoms with Crippen molar-refractivity contribution >= 4 is 32.5 Å². The number of benzene rings is 3. The molecular weight excluding hydrogens is 408 g/mol. The lowest BCUT2D eigenvalue weighted by molar-refractivity contribution is 0.0466. The summed E-state index contributed by atoms with van der Waals surface area (Å²) in [6.45, 7) is -0.0571. The molecular formula is C25H18N2O3S. The number of carbonyl (C=O) groups excluding carboxylic acids is 1. The predicted molar refractivity (Wildman–Crippen MR) is 122 cm³/mol. The Balaban J connectivity index is 1.38. The molecule has 5 nitrogen and oxygen atoms in total. The van der Waals surface area contributed by atoms with Gasteiger partial charge < -0.3 is 4.74 Å². The van der Waals surface area contributed by atoms with Crippen LogP contribution in [0.3, 0.4) is 0 Å². The van der Waals surface area contributed by atoms with E-state index in [4.69, 9.17) is 4.74 Å². The molecule has 0 radical (unpaired) electrons. The summed E-state index contributed by atoms with van der Waals surface area (Å²) in [7, 11) is 0. The number of thiazole rings is 1. The first-order valence-corrected chi connectivity index (χ1v) is 10.7. The summed E-state index contributed by atoms with van der Waals surface area (Å²) >= 11 is 1.44. The Bertz CT molecular complexity index is 1450. The second-order valence-corrected chi connectivity index (χ2v) is 8.18. The highest BCUT2D eigenvalue weighted by molar-refractivity contribution is 7.23. The van der Waals surface area contributed by atoms with Crippen molar-refractivity contribution in [2.45, 2.75) is 13.0 Å². The molecule has 152 valence electrons. The van der Waals surface area contributed by atoms with Gasteiger partial charge in [-0.2, -0.15) is 0 Å². The molecule has 3 aromatic carbocycles. The summed E-state index contributed by atoms with van der Waals surface area (Å²) in [5.74, 6) is -0.426. The van der Waals surface area contributed by atoms with E-state index in [1.54, 1.807) is 10.5 Å². The fraction of sp³-hybridized carbons (Fsp3) is 0.0800. The van der Waals surface area contributed by atoms with Gasteiger partial charge in [0.05, 0.1) is 21.5 Å². The minimum absolute atomic E-state index is 0.0571. The average Bonchev–Trinajstić information content (AvgIpc) is 3.17. The number of para-hydroxylation sites is 1. The minimum atomic E-state index is -0.426. The van der Waals surface area contributed by atoms with Crippen LogP contribution in [0.15, 0.2) is 89.7 Å². The zero-order valence-corrected chi connectivity index (χ0v) is 17.3. The molecule has 0 saturated carbocycles. The monoisotopic (exact) mass is 426 g/mol. The second kappa shape index (κ2) is 8.16. The molecule has 0 bridgehead atoms. The number of hydrogen-bond acceptors (Lipinski definition) is 5. The van der Waals surface area contributed by atoms with E-state index in [0.717, 1.165) is 21.3 Å². The summed E-state index contributed by atoms with van der Waals surface area (Å²) in [5, 5.41) is 0. The summed E-state index contributed by atoms with van der Waals surface area (Å²) in [5.41, 5.74) is 3.62. The lowest BCUT2D eigenvalue weighted by Gasteiger charge is -2.10. The number of carbonyl (C=O) groups is 1. The van der Waals surface area contributed by atoms with Gasteiger partial charge in [0.2, 0.25) is 0 Å². The number of esters is 1. The molecule has 5 aromatic rings. The lowest BCUT2D eigenvalue weighted by atomic mass is 10.00. The van der Waals surface area contributed by atoms with Gasteiger partial charge in [0.15, 0.2) is 4.96 Å². The largest absolute Gasteiger partial charge is 0.456 e. The Morgan fingerprint density at radius 1 is 0.935 bits per heavy atom. The topological polar surface area (TPSA) is 60.7 Å². The Labute approximate surface area is 182 Å². The van der Waals surface area contributed by atoms with Crippen LogP contribution in [0.4, 0.5) is 0 Å². The van der Waals surface area contributed by atoms with Crippen molar-refractivity contribution in [2.24, 2.45) is 0 Å². The van der Waals surface area contributed by atoms with Gasteiger partial charge in [0.1, 0.15) is 6.61 Å². The molecule has 0 aliphatic heterocycles. The molecule has 6 heteroatoms. The molecule has 0 saturated heterocycles. The van der Waals surface area contributed by atoms with E-state index >= 15 is 0 Å². The van der Waals surface area contributed by atoms with Crippen LogP contribution in [0.2, 0.25) is 0 Å². The first-order chi connectivity index (χ1) is 15.2. The first-order valence-electron chi connectivity index (χ1n) is 9.88. The number of hydrogen-bond donors (Lipinski definition) is 0. The smallest absolute Gasteiger partial charge is 0.338 e. The lowest BCUT2D eigenvalue weighted by Crippen LogP contribution is -2.15. The van der Waals surface area contributed by atoms with Gasteiger partial charge in [-0.15, -0.1) is 0 Å². The molecule has 0 fully saturated rings. The van der Waals surface area contributed by atoms with Gasteiger partial charge in [-0.05, 0) is 35.7 Å². The third-order valence-corrected chi connectivity index (χ3v) is 6.10. The van der Waals surface area contributed by atoms with Crippen molar-refractivity contribution in [1.29, 1.82) is 0 Å². The van der Waals surface area contributed by atoms with Crippen molar-refractivity contribution in [3.05, 3.63) is 118 Å². The van der Waals surface area contributed by atoms with E-state index in [1.165, 1.54) is 17.4 Å². The van der Waals surface area contributed by atoms with E-state index in [0.29, 0.717) is 22.6 Å². The molecule has 0 N–H and O–H groups in total. The number of rotatable bonds is 5. The molecule has 2 heterocycles. The van der Waals surface area contributed by atoms with Crippen molar-refractivity contribution in [3.8, 4) is 0 Å². The minimum Gasteiger partial charge on any atom is -0.456 e. The third-order valence-electron chi connectivity index (χ3n) is 5.07. The number of aromatic nitrogens is 2. The Kier molecular flexibility index (Phi) is 5.06. The third kappa shape index (κ3) is 3.85. The summed E-state index contributed by atoms with van der Waals surface area (Å²) in [6.07, 6.45) is 0.638. The normalized spacial score (nSPS) is 11.1. The molecule has 0 amide bonds. The van der Waals surface area contributed by atoms with Crippen LogP contribution >= 0.6 is 11.3 Å².